The van der Waals surface area contributed by atoms with E-state index in [1.807, 2.05) is 0 Å². The third-order valence-corrected chi connectivity index (χ3v) is 4.43. The topological polar surface area (TPSA) is 26.3 Å². The van der Waals surface area contributed by atoms with Gasteiger partial charge in [0, 0.05) is 5.41 Å². The number of fused-ring (bicyclic) bond motifs is 2. The zero-order valence-corrected chi connectivity index (χ0v) is 10.2. The number of ether oxygens (including phenoxy) is 1. The van der Waals surface area contributed by atoms with Crippen molar-refractivity contribution < 1.29 is 9.53 Å². The Morgan fingerprint density at radius 1 is 1.35 bits per heavy atom. The molecule has 0 bridgehead atoms. The Morgan fingerprint density at radius 2 is 2.18 bits per heavy atom. The number of carbonyl (C=O) groups is 1. The second-order valence-electron chi connectivity index (χ2n) is 5.30. The van der Waals surface area contributed by atoms with Crippen LogP contribution in [-0.4, -0.2) is 13.1 Å². The molecular weight excluding hydrogens is 212 g/mol. The minimum atomic E-state index is -0.0262. The molecule has 0 N–H and O–H groups in total. The molecule has 2 aliphatic carbocycles. The summed E-state index contributed by atoms with van der Waals surface area (Å²) in [5.74, 6) is 0.0773. The summed E-state index contributed by atoms with van der Waals surface area (Å²) < 4.78 is 4.92. The van der Waals surface area contributed by atoms with E-state index in [2.05, 4.69) is 24.3 Å². The van der Waals surface area contributed by atoms with Gasteiger partial charge in [-0.1, -0.05) is 30.7 Å². The number of esters is 1. The number of aryl methyl sites for hydroxylation is 1. The fourth-order valence-electron chi connectivity index (χ4n) is 3.45. The number of carbonyl (C=O) groups excluding carboxylic acids is 1. The van der Waals surface area contributed by atoms with E-state index in [1.54, 1.807) is 0 Å². The smallest absolute Gasteiger partial charge is 0.309 e. The fraction of sp³-hybridized carbons (Fsp3) is 0.533. The van der Waals surface area contributed by atoms with E-state index in [9.17, 15) is 4.79 Å². The Kier molecular flexibility index (Phi) is 2.46. The molecule has 2 unspecified atom stereocenters. The first-order valence-corrected chi connectivity index (χ1v) is 6.44. The molecule has 1 aromatic rings. The molecule has 0 heterocycles. The van der Waals surface area contributed by atoms with Crippen LogP contribution in [0.25, 0.3) is 0 Å². The van der Waals surface area contributed by atoms with Gasteiger partial charge in [-0.25, -0.2) is 0 Å². The summed E-state index contributed by atoms with van der Waals surface area (Å²) in [4.78, 5) is 11.7. The van der Waals surface area contributed by atoms with Crippen LogP contribution in [0.15, 0.2) is 24.3 Å². The van der Waals surface area contributed by atoms with E-state index in [0.717, 1.165) is 19.3 Å². The second-order valence-corrected chi connectivity index (χ2v) is 5.30. The Hall–Kier alpha value is -1.31. The third-order valence-electron chi connectivity index (χ3n) is 4.43. The molecule has 3 rings (SSSR count). The van der Waals surface area contributed by atoms with Crippen molar-refractivity contribution in [3.8, 4) is 0 Å². The van der Waals surface area contributed by atoms with Crippen molar-refractivity contribution in [2.24, 2.45) is 5.92 Å². The molecule has 1 fully saturated rings. The van der Waals surface area contributed by atoms with Crippen LogP contribution in [0.5, 0.6) is 0 Å². The van der Waals surface area contributed by atoms with E-state index < -0.39 is 0 Å². The molecule has 2 atom stereocenters. The molecular formula is C15H18O2. The molecule has 1 saturated carbocycles. The zero-order valence-electron chi connectivity index (χ0n) is 10.2. The first kappa shape index (κ1) is 10.8. The molecule has 0 radical (unpaired) electrons. The standard InChI is InChI=1S/C15H18O2/c1-17-14(16)13-10-15(13)9-5-4-7-11-6-2-3-8-12(11)15/h2-3,6,8,13H,4-5,7,9-10H2,1H3. The number of methoxy groups -OCH3 is 1. The van der Waals surface area contributed by atoms with Crippen molar-refractivity contribution in [2.45, 2.75) is 37.5 Å². The van der Waals surface area contributed by atoms with Crippen molar-refractivity contribution in [1.82, 2.24) is 0 Å². The molecule has 2 nitrogen and oxygen atoms in total. The molecule has 2 heteroatoms. The van der Waals surface area contributed by atoms with Gasteiger partial charge in [-0.05, 0) is 36.8 Å². The highest BCUT2D eigenvalue weighted by molar-refractivity contribution is 5.79. The van der Waals surface area contributed by atoms with Crippen molar-refractivity contribution in [2.75, 3.05) is 7.11 Å². The lowest BCUT2D eigenvalue weighted by molar-refractivity contribution is -0.142. The van der Waals surface area contributed by atoms with Gasteiger partial charge in [0.15, 0.2) is 0 Å². The molecule has 1 aromatic carbocycles. The molecule has 90 valence electrons. The molecule has 17 heavy (non-hydrogen) atoms. The second kappa shape index (κ2) is 3.86. The lowest BCUT2D eigenvalue weighted by Gasteiger charge is -2.17. The van der Waals surface area contributed by atoms with E-state index in [-0.39, 0.29) is 17.3 Å². The van der Waals surface area contributed by atoms with Crippen LogP contribution in [0.2, 0.25) is 0 Å². The number of hydrogen-bond donors (Lipinski definition) is 0. The number of rotatable bonds is 1. The summed E-state index contributed by atoms with van der Waals surface area (Å²) in [6.45, 7) is 0. The largest absolute Gasteiger partial charge is 0.469 e. The van der Waals surface area contributed by atoms with Crippen LogP contribution < -0.4 is 0 Å². The maximum atomic E-state index is 11.7. The Labute approximate surface area is 102 Å². The highest BCUT2D eigenvalue weighted by Gasteiger charge is 2.60. The Bertz CT molecular complexity index is 452. The minimum absolute atomic E-state index is 0.0262. The lowest BCUT2D eigenvalue weighted by atomic mass is 9.87. The van der Waals surface area contributed by atoms with Crippen molar-refractivity contribution in [3.63, 3.8) is 0 Å². The van der Waals surface area contributed by atoms with E-state index in [0.29, 0.717) is 0 Å². The van der Waals surface area contributed by atoms with E-state index in [4.69, 9.17) is 4.74 Å². The maximum Gasteiger partial charge on any atom is 0.309 e. The minimum Gasteiger partial charge on any atom is -0.469 e. The molecule has 0 amide bonds. The van der Waals surface area contributed by atoms with Gasteiger partial charge in [0.05, 0.1) is 13.0 Å². The van der Waals surface area contributed by atoms with Crippen LogP contribution in [0.4, 0.5) is 0 Å². The molecule has 0 aromatic heterocycles. The summed E-state index contributed by atoms with van der Waals surface area (Å²) >= 11 is 0. The fourth-order valence-corrected chi connectivity index (χ4v) is 3.45. The summed E-state index contributed by atoms with van der Waals surface area (Å²) in [7, 11) is 1.50. The van der Waals surface area contributed by atoms with E-state index >= 15 is 0 Å². The van der Waals surface area contributed by atoms with E-state index in [1.165, 1.54) is 31.1 Å². The van der Waals surface area contributed by atoms with Gasteiger partial charge in [0.1, 0.15) is 0 Å². The predicted octanol–water partition coefficient (Wildman–Crippen LogP) is 2.84. The summed E-state index contributed by atoms with van der Waals surface area (Å²) in [6.07, 6.45) is 5.75. The van der Waals surface area contributed by atoms with Gasteiger partial charge in [-0.15, -0.1) is 0 Å². The molecule has 1 spiro atoms. The van der Waals surface area contributed by atoms with Crippen LogP contribution in [0.3, 0.4) is 0 Å². The molecule has 2 aliphatic rings. The van der Waals surface area contributed by atoms with Crippen LogP contribution in [0.1, 0.15) is 36.8 Å². The summed E-state index contributed by atoms with van der Waals surface area (Å²) in [5.41, 5.74) is 2.96. The summed E-state index contributed by atoms with van der Waals surface area (Å²) in [6, 6.07) is 8.63. The van der Waals surface area contributed by atoms with Gasteiger partial charge in [-0.3, -0.25) is 4.79 Å². The van der Waals surface area contributed by atoms with Crippen LogP contribution >= 0.6 is 0 Å². The first-order chi connectivity index (χ1) is 8.28. The van der Waals surface area contributed by atoms with Gasteiger partial charge >= 0.3 is 5.97 Å². The average molecular weight is 230 g/mol. The Morgan fingerprint density at radius 3 is 3.00 bits per heavy atom. The number of hydrogen-bond acceptors (Lipinski definition) is 2. The van der Waals surface area contributed by atoms with Crippen molar-refractivity contribution >= 4 is 5.97 Å². The third kappa shape index (κ3) is 1.58. The van der Waals surface area contributed by atoms with Gasteiger partial charge < -0.3 is 4.74 Å². The maximum absolute atomic E-state index is 11.7. The van der Waals surface area contributed by atoms with Crippen LogP contribution in [0, 0.1) is 5.92 Å². The van der Waals surface area contributed by atoms with Gasteiger partial charge in [0.25, 0.3) is 0 Å². The number of benzene rings is 1. The lowest BCUT2D eigenvalue weighted by Crippen LogP contribution is -2.16. The van der Waals surface area contributed by atoms with Crippen molar-refractivity contribution in [3.05, 3.63) is 35.4 Å². The van der Waals surface area contributed by atoms with Crippen LogP contribution in [-0.2, 0) is 21.4 Å². The molecule has 0 aliphatic heterocycles. The average Bonchev–Trinajstić information content (AvgIpc) is 3.13. The van der Waals surface area contributed by atoms with Crippen molar-refractivity contribution in [1.29, 1.82) is 0 Å². The molecule has 0 saturated heterocycles. The monoisotopic (exact) mass is 230 g/mol. The highest BCUT2D eigenvalue weighted by atomic mass is 16.5. The zero-order chi connectivity index (χ0) is 11.9. The summed E-state index contributed by atoms with van der Waals surface area (Å²) in [5, 5.41) is 0. The quantitative estimate of drug-likeness (QED) is 0.693. The van der Waals surface area contributed by atoms with Gasteiger partial charge in [0.2, 0.25) is 0 Å². The highest BCUT2D eigenvalue weighted by Crippen LogP contribution is 2.59. The predicted molar refractivity (Wildman–Crippen MR) is 65.8 cm³/mol. The first-order valence-electron chi connectivity index (χ1n) is 6.44. The SMILES string of the molecule is COC(=O)C1CC12CCCCc1ccccc12. The van der Waals surface area contributed by atoms with Gasteiger partial charge in [-0.2, -0.15) is 0 Å². The normalized spacial score (nSPS) is 30.5. The Balaban J connectivity index is 1.99.